The largest absolute Gasteiger partial charge is 0.341 e. The minimum atomic E-state index is -0.0573. The summed E-state index contributed by atoms with van der Waals surface area (Å²) in [6.45, 7) is 7.89. The van der Waals surface area contributed by atoms with Crippen molar-refractivity contribution in [3.63, 3.8) is 0 Å². The van der Waals surface area contributed by atoms with Crippen LogP contribution in [0.1, 0.15) is 39.0 Å². The quantitative estimate of drug-likeness (QED) is 0.779. The summed E-state index contributed by atoms with van der Waals surface area (Å²) in [7, 11) is 0. The molecular weight excluding hydrogens is 363 g/mol. The van der Waals surface area contributed by atoms with Gasteiger partial charge in [0.2, 0.25) is 11.8 Å². The molecule has 3 fully saturated rings. The van der Waals surface area contributed by atoms with Gasteiger partial charge in [-0.25, -0.2) is 0 Å². The molecule has 3 heterocycles. The third-order valence-corrected chi connectivity index (χ3v) is 5.56. The lowest BCUT2D eigenvalue weighted by Crippen LogP contribution is -2.58. The summed E-state index contributed by atoms with van der Waals surface area (Å²) in [5.74, 6) is 0.513. The van der Waals surface area contributed by atoms with E-state index in [-0.39, 0.29) is 48.7 Å². The van der Waals surface area contributed by atoms with Gasteiger partial charge in [-0.15, -0.1) is 24.8 Å². The molecule has 146 valence electrons. The maximum Gasteiger partial charge on any atom is 0.239 e. The summed E-state index contributed by atoms with van der Waals surface area (Å²) in [5.41, 5.74) is 0. The molecule has 6 nitrogen and oxygen atoms in total. The summed E-state index contributed by atoms with van der Waals surface area (Å²) in [6.07, 6.45) is 5.55. The van der Waals surface area contributed by atoms with Crippen LogP contribution in [-0.2, 0) is 9.59 Å². The van der Waals surface area contributed by atoms with Crippen molar-refractivity contribution in [2.24, 2.45) is 0 Å². The average molecular weight is 395 g/mol. The molecule has 0 aromatic carbocycles. The molecule has 8 heteroatoms. The smallest absolute Gasteiger partial charge is 0.239 e. The first kappa shape index (κ1) is 22.5. The first-order valence-corrected chi connectivity index (χ1v) is 9.22. The zero-order chi connectivity index (χ0) is 16.2. The highest BCUT2D eigenvalue weighted by atomic mass is 35.5. The highest BCUT2D eigenvalue weighted by Gasteiger charge is 2.32. The van der Waals surface area contributed by atoms with E-state index in [0.29, 0.717) is 0 Å². The van der Waals surface area contributed by atoms with Crippen molar-refractivity contribution < 1.29 is 9.59 Å². The van der Waals surface area contributed by atoms with E-state index in [2.05, 4.69) is 10.2 Å². The number of rotatable bonds is 3. The normalized spacial score (nSPS) is 25.7. The number of carbonyl (C=O) groups excluding carboxylic acids is 2. The number of amides is 2. The minimum absolute atomic E-state index is 0. The molecule has 2 amide bonds. The summed E-state index contributed by atoms with van der Waals surface area (Å²) in [5, 5.41) is 3.34. The van der Waals surface area contributed by atoms with Gasteiger partial charge in [-0.1, -0.05) is 6.42 Å². The Kier molecular flexibility index (Phi) is 9.49. The highest BCUT2D eigenvalue weighted by molar-refractivity contribution is 5.85. The Bertz CT molecular complexity index is 432. The Labute approximate surface area is 163 Å². The molecule has 3 saturated heterocycles. The molecule has 0 aromatic rings. The first-order chi connectivity index (χ1) is 11.2. The predicted molar refractivity (Wildman–Crippen MR) is 104 cm³/mol. The van der Waals surface area contributed by atoms with Gasteiger partial charge < -0.3 is 15.1 Å². The minimum Gasteiger partial charge on any atom is -0.341 e. The molecule has 0 spiro atoms. The molecule has 0 bridgehead atoms. The molecule has 0 radical (unpaired) electrons. The Morgan fingerprint density at radius 3 is 2.08 bits per heavy atom. The number of likely N-dealkylation sites (tertiary alicyclic amines) is 1. The summed E-state index contributed by atoms with van der Waals surface area (Å²) >= 11 is 0. The van der Waals surface area contributed by atoms with Crippen LogP contribution in [-0.4, -0.2) is 84.4 Å². The van der Waals surface area contributed by atoms with Gasteiger partial charge in [0.25, 0.3) is 0 Å². The molecule has 25 heavy (non-hydrogen) atoms. The SMILES string of the molecule is CC(C(=O)N1CCCC1)N1CCN(C(=O)[C@H]2CCCCN2)CC1.Cl.Cl. The van der Waals surface area contributed by atoms with Crippen LogP contribution in [0.2, 0.25) is 0 Å². The lowest BCUT2D eigenvalue weighted by Gasteiger charge is -2.40. The van der Waals surface area contributed by atoms with Gasteiger partial charge in [0.15, 0.2) is 0 Å². The maximum atomic E-state index is 12.5. The number of piperidine rings is 1. The number of carbonyl (C=O) groups is 2. The van der Waals surface area contributed by atoms with Gasteiger partial charge >= 0.3 is 0 Å². The van der Waals surface area contributed by atoms with Crippen LogP contribution in [0.15, 0.2) is 0 Å². The molecule has 3 aliphatic rings. The molecule has 1 N–H and O–H groups in total. The Morgan fingerprint density at radius 2 is 1.52 bits per heavy atom. The third kappa shape index (κ3) is 5.46. The first-order valence-electron chi connectivity index (χ1n) is 9.22. The van der Waals surface area contributed by atoms with Crippen LogP contribution in [0.5, 0.6) is 0 Å². The molecule has 0 aromatic heterocycles. The summed E-state index contributed by atoms with van der Waals surface area (Å²) in [4.78, 5) is 31.3. The van der Waals surface area contributed by atoms with E-state index in [1.54, 1.807) is 0 Å². The summed E-state index contributed by atoms with van der Waals surface area (Å²) < 4.78 is 0. The van der Waals surface area contributed by atoms with Crippen molar-refractivity contribution in [1.82, 2.24) is 20.0 Å². The van der Waals surface area contributed by atoms with Gasteiger partial charge in [-0.2, -0.15) is 0 Å². The van der Waals surface area contributed by atoms with Crippen LogP contribution < -0.4 is 5.32 Å². The van der Waals surface area contributed by atoms with E-state index >= 15 is 0 Å². The number of halogens is 2. The van der Waals surface area contributed by atoms with Crippen LogP contribution in [0, 0.1) is 0 Å². The van der Waals surface area contributed by atoms with Crippen LogP contribution in [0.3, 0.4) is 0 Å². The number of piperazine rings is 1. The highest BCUT2D eigenvalue weighted by Crippen LogP contribution is 2.15. The number of hydrogen-bond acceptors (Lipinski definition) is 4. The molecule has 1 unspecified atom stereocenters. The van der Waals surface area contributed by atoms with Crippen LogP contribution in [0.25, 0.3) is 0 Å². The standard InChI is InChI=1S/C17H30N4O2.2ClH/c1-14(16(22)20-8-4-5-9-20)19-10-12-21(13-11-19)17(23)15-6-2-3-7-18-15;;/h14-15,18H,2-13H2,1H3;2*1H/t14?,15-;;/m1../s1. The lowest BCUT2D eigenvalue weighted by atomic mass is 10.0. The Hall–Kier alpha value is -0.560. The zero-order valence-electron chi connectivity index (χ0n) is 15.1. The molecule has 2 atom stereocenters. The van der Waals surface area contributed by atoms with Crippen LogP contribution in [0.4, 0.5) is 0 Å². The fraction of sp³-hybridized carbons (Fsp3) is 0.882. The maximum absolute atomic E-state index is 12.5. The van der Waals surface area contributed by atoms with Gasteiger partial charge in [-0.05, 0) is 39.2 Å². The molecule has 3 rings (SSSR count). The third-order valence-electron chi connectivity index (χ3n) is 5.56. The second-order valence-electron chi connectivity index (χ2n) is 7.07. The van der Waals surface area contributed by atoms with E-state index in [4.69, 9.17) is 0 Å². The molecular formula is C17H32Cl2N4O2. The number of hydrogen-bond donors (Lipinski definition) is 1. The molecule has 0 aliphatic carbocycles. The van der Waals surface area contributed by atoms with Crippen molar-refractivity contribution in [2.75, 3.05) is 45.8 Å². The van der Waals surface area contributed by atoms with E-state index in [1.165, 1.54) is 6.42 Å². The average Bonchev–Trinajstić information content (AvgIpc) is 3.15. The van der Waals surface area contributed by atoms with Gasteiger partial charge in [0.1, 0.15) is 0 Å². The predicted octanol–water partition coefficient (Wildman–Crippen LogP) is 1.13. The van der Waals surface area contributed by atoms with E-state index in [1.807, 2.05) is 16.7 Å². The van der Waals surface area contributed by atoms with Gasteiger partial charge in [0.05, 0.1) is 12.1 Å². The lowest BCUT2D eigenvalue weighted by molar-refractivity contribution is -0.139. The fourth-order valence-electron chi connectivity index (χ4n) is 3.97. The van der Waals surface area contributed by atoms with Gasteiger partial charge in [-0.3, -0.25) is 14.5 Å². The molecule has 3 aliphatic heterocycles. The number of nitrogens with zero attached hydrogens (tertiary/aromatic N) is 3. The van der Waals surface area contributed by atoms with E-state index < -0.39 is 0 Å². The van der Waals surface area contributed by atoms with Crippen molar-refractivity contribution in [1.29, 1.82) is 0 Å². The van der Waals surface area contributed by atoms with Crippen molar-refractivity contribution >= 4 is 36.6 Å². The second-order valence-corrected chi connectivity index (χ2v) is 7.07. The summed E-state index contributed by atoms with van der Waals surface area (Å²) in [6, 6.07) is -0.0443. The Morgan fingerprint density at radius 1 is 0.880 bits per heavy atom. The zero-order valence-corrected chi connectivity index (χ0v) is 16.7. The number of nitrogens with one attached hydrogen (secondary N) is 1. The van der Waals surface area contributed by atoms with Crippen molar-refractivity contribution in [3.8, 4) is 0 Å². The fourth-order valence-corrected chi connectivity index (χ4v) is 3.97. The Balaban J connectivity index is 0.00000156. The van der Waals surface area contributed by atoms with Gasteiger partial charge in [0, 0.05) is 39.3 Å². The second kappa shape index (κ2) is 10.6. The van der Waals surface area contributed by atoms with Crippen molar-refractivity contribution in [3.05, 3.63) is 0 Å². The van der Waals surface area contributed by atoms with Crippen LogP contribution >= 0.6 is 24.8 Å². The van der Waals surface area contributed by atoms with E-state index in [9.17, 15) is 9.59 Å². The van der Waals surface area contributed by atoms with Crippen molar-refractivity contribution in [2.45, 2.75) is 51.1 Å². The molecule has 0 saturated carbocycles. The topological polar surface area (TPSA) is 55.9 Å². The van der Waals surface area contributed by atoms with E-state index in [0.717, 1.165) is 71.5 Å². The monoisotopic (exact) mass is 394 g/mol.